The van der Waals surface area contributed by atoms with Gasteiger partial charge in [0.25, 0.3) is 0 Å². The second kappa shape index (κ2) is 8.28. The van der Waals surface area contributed by atoms with E-state index in [1.54, 1.807) is 0 Å². The van der Waals surface area contributed by atoms with Crippen molar-refractivity contribution in [3.63, 3.8) is 0 Å². The summed E-state index contributed by atoms with van der Waals surface area (Å²) in [6.45, 7) is 3.76. The molecule has 1 fully saturated rings. The van der Waals surface area contributed by atoms with E-state index in [4.69, 9.17) is 5.73 Å². The number of amides is 1. The van der Waals surface area contributed by atoms with Gasteiger partial charge in [0, 0.05) is 25.6 Å². The van der Waals surface area contributed by atoms with Crippen LogP contribution in [0.5, 0.6) is 0 Å². The summed E-state index contributed by atoms with van der Waals surface area (Å²) in [6.07, 6.45) is 4.57. The molecule has 0 aromatic heterocycles. The third-order valence-corrected chi connectivity index (χ3v) is 3.87. The quantitative estimate of drug-likeness (QED) is 0.928. The monoisotopic (exact) mass is 296 g/mol. The van der Waals surface area contributed by atoms with E-state index < -0.39 is 0 Å². The molecule has 0 spiro atoms. The fourth-order valence-corrected chi connectivity index (χ4v) is 2.59. The number of halogens is 1. The summed E-state index contributed by atoms with van der Waals surface area (Å²) in [5.74, 6) is 0.245. The normalized spacial score (nSPS) is 18.5. The molecule has 112 valence electrons. The Hall–Kier alpha value is -1.06. The second-order valence-electron chi connectivity index (χ2n) is 5.41. The van der Waals surface area contributed by atoms with Gasteiger partial charge < -0.3 is 10.6 Å². The highest BCUT2D eigenvalue weighted by Gasteiger charge is 2.20. The molecule has 1 aromatic rings. The van der Waals surface area contributed by atoms with E-state index in [-0.39, 0.29) is 24.4 Å². The number of nitrogens with zero attached hydrogens (tertiary/aromatic N) is 1. The minimum atomic E-state index is 0. The van der Waals surface area contributed by atoms with Crippen molar-refractivity contribution in [2.45, 2.75) is 45.1 Å². The highest BCUT2D eigenvalue weighted by molar-refractivity contribution is 5.85. The van der Waals surface area contributed by atoms with Crippen LogP contribution in [-0.2, 0) is 17.6 Å². The zero-order valence-corrected chi connectivity index (χ0v) is 13.0. The largest absolute Gasteiger partial charge is 0.341 e. The first-order valence-corrected chi connectivity index (χ1v) is 7.30. The molecule has 1 aliphatic rings. The number of aryl methyl sites for hydroxylation is 2. The molecule has 20 heavy (non-hydrogen) atoms. The molecule has 4 heteroatoms. The lowest BCUT2D eigenvalue weighted by molar-refractivity contribution is -0.132. The maximum Gasteiger partial charge on any atom is 0.222 e. The first-order chi connectivity index (χ1) is 9.19. The van der Waals surface area contributed by atoms with Crippen molar-refractivity contribution in [2.24, 2.45) is 5.73 Å². The van der Waals surface area contributed by atoms with Crippen LogP contribution in [0.1, 0.15) is 37.3 Å². The molecule has 1 amide bonds. The van der Waals surface area contributed by atoms with Crippen LogP contribution in [0, 0.1) is 0 Å². The summed E-state index contributed by atoms with van der Waals surface area (Å²) < 4.78 is 0. The summed E-state index contributed by atoms with van der Waals surface area (Å²) in [6, 6.07) is 8.73. The molecule has 1 saturated heterocycles. The van der Waals surface area contributed by atoms with Gasteiger partial charge in [-0.3, -0.25) is 4.79 Å². The Morgan fingerprint density at radius 1 is 1.30 bits per heavy atom. The molecule has 0 bridgehead atoms. The molecule has 0 saturated carbocycles. The molecule has 0 radical (unpaired) electrons. The van der Waals surface area contributed by atoms with E-state index in [1.807, 2.05) is 4.90 Å². The average molecular weight is 297 g/mol. The Morgan fingerprint density at radius 2 is 1.95 bits per heavy atom. The van der Waals surface area contributed by atoms with Crippen molar-refractivity contribution in [3.8, 4) is 0 Å². The van der Waals surface area contributed by atoms with Crippen molar-refractivity contribution < 1.29 is 4.79 Å². The average Bonchev–Trinajstić information content (AvgIpc) is 2.45. The predicted octanol–water partition coefficient (Wildman–Crippen LogP) is 2.55. The summed E-state index contributed by atoms with van der Waals surface area (Å²) in [5.41, 5.74) is 8.50. The molecule has 2 rings (SSSR count). The minimum absolute atomic E-state index is 0. The topological polar surface area (TPSA) is 46.3 Å². The molecule has 3 nitrogen and oxygen atoms in total. The van der Waals surface area contributed by atoms with Crippen molar-refractivity contribution in [1.82, 2.24) is 4.90 Å². The van der Waals surface area contributed by atoms with Gasteiger partial charge in [-0.2, -0.15) is 0 Å². The number of nitrogens with two attached hydrogens (primary N) is 1. The number of hydrogen-bond acceptors (Lipinski definition) is 2. The number of rotatable bonds is 4. The van der Waals surface area contributed by atoms with Crippen LogP contribution in [0.15, 0.2) is 24.3 Å². The molecule has 1 aromatic carbocycles. The number of benzene rings is 1. The number of carbonyl (C=O) groups excluding carboxylic acids is 1. The van der Waals surface area contributed by atoms with Gasteiger partial charge in [0.2, 0.25) is 5.91 Å². The fourth-order valence-electron chi connectivity index (χ4n) is 2.59. The van der Waals surface area contributed by atoms with Crippen LogP contribution >= 0.6 is 12.4 Å². The van der Waals surface area contributed by atoms with E-state index >= 15 is 0 Å². The highest BCUT2D eigenvalue weighted by atomic mass is 35.5. The lowest BCUT2D eigenvalue weighted by Gasteiger charge is -2.30. The molecule has 1 unspecified atom stereocenters. The molecule has 0 aliphatic carbocycles. The summed E-state index contributed by atoms with van der Waals surface area (Å²) in [7, 11) is 0. The summed E-state index contributed by atoms with van der Waals surface area (Å²) in [4.78, 5) is 14.0. The van der Waals surface area contributed by atoms with E-state index in [1.165, 1.54) is 11.1 Å². The molecule has 2 N–H and O–H groups in total. The van der Waals surface area contributed by atoms with Crippen molar-refractivity contribution >= 4 is 18.3 Å². The maximum absolute atomic E-state index is 12.1. The Kier molecular flexibility index (Phi) is 7.03. The van der Waals surface area contributed by atoms with Crippen LogP contribution in [0.2, 0.25) is 0 Å². The van der Waals surface area contributed by atoms with Gasteiger partial charge in [0.05, 0.1) is 0 Å². The van der Waals surface area contributed by atoms with Gasteiger partial charge in [0.15, 0.2) is 0 Å². The third-order valence-electron chi connectivity index (χ3n) is 3.87. The van der Waals surface area contributed by atoms with Crippen LogP contribution in [0.25, 0.3) is 0 Å². The zero-order valence-electron chi connectivity index (χ0n) is 12.2. The van der Waals surface area contributed by atoms with Gasteiger partial charge >= 0.3 is 0 Å². The fraction of sp³-hybridized carbons (Fsp3) is 0.562. The van der Waals surface area contributed by atoms with Gasteiger partial charge in [-0.25, -0.2) is 0 Å². The number of likely N-dealkylation sites (tertiary alicyclic amines) is 1. The highest BCUT2D eigenvalue weighted by Crippen LogP contribution is 2.12. The predicted molar refractivity (Wildman–Crippen MR) is 85.2 cm³/mol. The Morgan fingerprint density at radius 3 is 2.55 bits per heavy atom. The van der Waals surface area contributed by atoms with E-state index in [0.717, 1.165) is 38.8 Å². The number of carbonyl (C=O) groups is 1. The first-order valence-electron chi connectivity index (χ1n) is 7.30. The Bertz CT molecular complexity index is 419. The molecule has 1 heterocycles. The summed E-state index contributed by atoms with van der Waals surface area (Å²) in [5, 5.41) is 0. The minimum Gasteiger partial charge on any atom is -0.341 e. The van der Waals surface area contributed by atoms with Gasteiger partial charge in [-0.15, -0.1) is 12.4 Å². The lowest BCUT2D eigenvalue weighted by atomic mass is 10.0. The van der Waals surface area contributed by atoms with Gasteiger partial charge in [0.1, 0.15) is 0 Å². The molecular weight excluding hydrogens is 272 g/mol. The third kappa shape index (κ3) is 4.80. The van der Waals surface area contributed by atoms with Crippen LogP contribution < -0.4 is 5.73 Å². The van der Waals surface area contributed by atoms with E-state index in [9.17, 15) is 4.79 Å². The first kappa shape index (κ1) is 17.0. The van der Waals surface area contributed by atoms with Crippen LogP contribution in [-0.4, -0.2) is 29.9 Å². The zero-order chi connectivity index (χ0) is 13.7. The maximum atomic E-state index is 12.1. The lowest BCUT2D eigenvalue weighted by Crippen LogP contribution is -2.45. The van der Waals surface area contributed by atoms with Crippen molar-refractivity contribution in [2.75, 3.05) is 13.1 Å². The van der Waals surface area contributed by atoms with E-state index in [0.29, 0.717) is 6.42 Å². The van der Waals surface area contributed by atoms with Gasteiger partial charge in [-0.05, 0) is 36.8 Å². The standard InChI is InChI=1S/C16H24N2O.ClH/c1-2-13-5-7-14(8-6-13)9-10-16(19)18-11-3-4-15(17)12-18;/h5-8,15H,2-4,9-12,17H2,1H3;1H. The number of piperidine rings is 1. The molecule has 1 aliphatic heterocycles. The van der Waals surface area contributed by atoms with Crippen molar-refractivity contribution in [1.29, 1.82) is 0 Å². The van der Waals surface area contributed by atoms with Crippen LogP contribution in [0.4, 0.5) is 0 Å². The Labute approximate surface area is 127 Å². The second-order valence-corrected chi connectivity index (χ2v) is 5.41. The number of hydrogen-bond donors (Lipinski definition) is 1. The van der Waals surface area contributed by atoms with E-state index in [2.05, 4.69) is 31.2 Å². The molecular formula is C16H25ClN2O. The van der Waals surface area contributed by atoms with Gasteiger partial charge in [-0.1, -0.05) is 31.2 Å². The molecule has 1 atom stereocenters. The van der Waals surface area contributed by atoms with Crippen molar-refractivity contribution in [3.05, 3.63) is 35.4 Å². The summed E-state index contributed by atoms with van der Waals surface area (Å²) >= 11 is 0. The Balaban J connectivity index is 0.00000200. The van der Waals surface area contributed by atoms with Crippen LogP contribution in [0.3, 0.4) is 0 Å². The SMILES string of the molecule is CCc1ccc(CCC(=O)N2CCCC(N)C2)cc1.Cl. The smallest absolute Gasteiger partial charge is 0.222 e.